The standard InChI is InChI=1S/C3H2FN2/c4-3-1-5-2-6-3/h2H,(H,5,6). The minimum absolute atomic E-state index is 0.519. The van der Waals surface area contributed by atoms with Crippen molar-refractivity contribution in [1.29, 1.82) is 0 Å². The zero-order valence-corrected chi connectivity index (χ0v) is 2.90. The highest BCUT2D eigenvalue weighted by molar-refractivity contribution is 4.68. The lowest BCUT2D eigenvalue weighted by Crippen LogP contribution is -1.62. The molecule has 1 N–H and O–H groups in total. The number of nitrogens with zero attached hydrogens (tertiary/aromatic N) is 1. The van der Waals surface area contributed by atoms with Crippen LogP contribution in [0.4, 0.5) is 4.39 Å². The Kier molecular flexibility index (Phi) is 0.602. The Labute approximate surface area is 34.0 Å². The molecule has 0 aliphatic rings. The van der Waals surface area contributed by atoms with Crippen molar-refractivity contribution in [3.05, 3.63) is 18.5 Å². The van der Waals surface area contributed by atoms with E-state index in [9.17, 15) is 4.39 Å². The van der Waals surface area contributed by atoms with E-state index in [1.54, 1.807) is 0 Å². The minimum Gasteiger partial charge on any atom is -0.321 e. The number of halogens is 1. The summed E-state index contributed by atoms with van der Waals surface area (Å²) >= 11 is 0. The maximum Gasteiger partial charge on any atom is 0.220 e. The lowest BCUT2D eigenvalue weighted by Gasteiger charge is -1.61. The van der Waals surface area contributed by atoms with E-state index in [1.165, 1.54) is 6.33 Å². The molecule has 31 valence electrons. The lowest BCUT2D eigenvalue weighted by atomic mass is 10.9. The molecule has 0 saturated heterocycles. The number of hydrogen-bond donors (Lipinski definition) is 1. The van der Waals surface area contributed by atoms with Crippen molar-refractivity contribution < 1.29 is 4.39 Å². The topological polar surface area (TPSA) is 28.7 Å². The Balaban J connectivity index is 3.05. The summed E-state index contributed by atoms with van der Waals surface area (Å²) in [6.07, 6.45) is 3.26. The number of aromatic nitrogens is 2. The molecule has 0 amide bonds. The molecule has 0 unspecified atom stereocenters. The fourth-order valence-corrected chi connectivity index (χ4v) is 0.210. The predicted octanol–water partition coefficient (Wildman–Crippen LogP) is 0.349. The Morgan fingerprint density at radius 2 is 2.83 bits per heavy atom. The van der Waals surface area contributed by atoms with Crippen molar-refractivity contribution in [2.24, 2.45) is 0 Å². The largest absolute Gasteiger partial charge is 0.321 e. The van der Waals surface area contributed by atoms with E-state index in [4.69, 9.17) is 0 Å². The van der Waals surface area contributed by atoms with E-state index >= 15 is 0 Å². The van der Waals surface area contributed by atoms with Crippen molar-refractivity contribution in [3.8, 4) is 0 Å². The minimum atomic E-state index is -0.519. The molecule has 1 rings (SSSR count). The molecule has 1 heterocycles. The van der Waals surface area contributed by atoms with Crippen LogP contribution in [0.3, 0.4) is 0 Å². The second kappa shape index (κ2) is 1.08. The van der Waals surface area contributed by atoms with E-state index < -0.39 is 5.95 Å². The Morgan fingerprint density at radius 1 is 2.00 bits per heavy atom. The summed E-state index contributed by atoms with van der Waals surface area (Å²) in [7, 11) is 0. The zero-order chi connectivity index (χ0) is 4.41. The first-order valence-corrected chi connectivity index (χ1v) is 1.46. The summed E-state index contributed by atoms with van der Waals surface area (Å²) in [5.41, 5.74) is 0. The van der Waals surface area contributed by atoms with E-state index in [2.05, 4.69) is 9.97 Å². The van der Waals surface area contributed by atoms with Crippen molar-refractivity contribution in [2.75, 3.05) is 0 Å². The van der Waals surface area contributed by atoms with Crippen LogP contribution in [0.5, 0.6) is 0 Å². The number of aromatic amines is 1. The van der Waals surface area contributed by atoms with Crippen LogP contribution in [-0.2, 0) is 0 Å². The third kappa shape index (κ3) is 0.381. The van der Waals surface area contributed by atoms with Crippen molar-refractivity contribution >= 4 is 0 Å². The number of rotatable bonds is 0. The fraction of sp³-hybridized carbons (Fsp3) is 0. The highest BCUT2D eigenvalue weighted by Crippen LogP contribution is 1.79. The average molecular weight is 85.1 g/mol. The number of nitrogens with one attached hydrogen (secondary N) is 1. The molecule has 0 bridgehead atoms. The normalized spacial score (nSPS) is 8.83. The molecular weight excluding hydrogens is 83.0 g/mol. The van der Waals surface area contributed by atoms with Gasteiger partial charge in [0.25, 0.3) is 0 Å². The smallest absolute Gasteiger partial charge is 0.220 e. The van der Waals surface area contributed by atoms with E-state index in [1.807, 2.05) is 6.20 Å². The molecule has 0 aromatic carbocycles. The van der Waals surface area contributed by atoms with Gasteiger partial charge >= 0.3 is 0 Å². The van der Waals surface area contributed by atoms with Crippen LogP contribution in [0.25, 0.3) is 0 Å². The molecule has 0 saturated carbocycles. The molecule has 1 aromatic rings. The molecule has 0 aliphatic carbocycles. The highest BCUT2D eigenvalue weighted by Gasteiger charge is 1.81. The SMILES string of the molecule is Fc1[c]nc[nH]1. The highest BCUT2D eigenvalue weighted by atomic mass is 19.1. The van der Waals surface area contributed by atoms with Gasteiger partial charge in [-0.1, -0.05) is 0 Å². The van der Waals surface area contributed by atoms with Gasteiger partial charge in [-0.15, -0.1) is 0 Å². The Bertz CT molecular complexity index is 112. The van der Waals surface area contributed by atoms with Gasteiger partial charge < -0.3 is 4.98 Å². The Hall–Kier alpha value is -0.860. The fourth-order valence-electron chi connectivity index (χ4n) is 0.210. The van der Waals surface area contributed by atoms with Crippen LogP contribution in [0, 0.1) is 12.1 Å². The quantitative estimate of drug-likeness (QED) is 0.483. The predicted molar refractivity (Wildman–Crippen MR) is 17.4 cm³/mol. The first kappa shape index (κ1) is 3.33. The van der Waals surface area contributed by atoms with Crippen LogP contribution in [0.1, 0.15) is 0 Å². The van der Waals surface area contributed by atoms with E-state index in [-0.39, 0.29) is 0 Å². The molecule has 3 heteroatoms. The summed E-state index contributed by atoms with van der Waals surface area (Å²) in [5, 5.41) is 0. The Morgan fingerprint density at radius 3 is 3.00 bits per heavy atom. The second-order valence-electron chi connectivity index (χ2n) is 0.828. The van der Waals surface area contributed by atoms with Crippen LogP contribution < -0.4 is 0 Å². The number of hydrogen-bond acceptors (Lipinski definition) is 1. The molecule has 0 spiro atoms. The van der Waals surface area contributed by atoms with Gasteiger partial charge in [0.05, 0.1) is 6.33 Å². The summed E-state index contributed by atoms with van der Waals surface area (Å²) in [6, 6.07) is 0. The van der Waals surface area contributed by atoms with Crippen LogP contribution in [-0.4, -0.2) is 9.97 Å². The van der Waals surface area contributed by atoms with Crippen LogP contribution in [0.2, 0.25) is 0 Å². The summed E-state index contributed by atoms with van der Waals surface area (Å²) in [5.74, 6) is -0.519. The van der Waals surface area contributed by atoms with Crippen LogP contribution >= 0.6 is 0 Å². The van der Waals surface area contributed by atoms with Gasteiger partial charge in [0.2, 0.25) is 5.95 Å². The van der Waals surface area contributed by atoms with Crippen LogP contribution in [0.15, 0.2) is 6.33 Å². The van der Waals surface area contributed by atoms with E-state index in [0.717, 1.165) is 0 Å². The molecule has 0 atom stereocenters. The van der Waals surface area contributed by atoms with Gasteiger partial charge in [-0.05, 0) is 0 Å². The molecule has 6 heavy (non-hydrogen) atoms. The van der Waals surface area contributed by atoms with Crippen molar-refractivity contribution in [1.82, 2.24) is 9.97 Å². The zero-order valence-electron chi connectivity index (χ0n) is 2.90. The maximum atomic E-state index is 11.5. The van der Waals surface area contributed by atoms with Gasteiger partial charge in [0.1, 0.15) is 6.20 Å². The third-order valence-electron chi connectivity index (χ3n) is 0.419. The van der Waals surface area contributed by atoms with Gasteiger partial charge in [0, 0.05) is 0 Å². The van der Waals surface area contributed by atoms with Crippen molar-refractivity contribution in [2.45, 2.75) is 0 Å². The van der Waals surface area contributed by atoms with Gasteiger partial charge in [-0.2, -0.15) is 4.39 Å². The molecule has 2 nitrogen and oxygen atoms in total. The molecule has 0 aliphatic heterocycles. The molecule has 1 radical (unpaired) electrons. The first-order valence-electron chi connectivity index (χ1n) is 1.46. The van der Waals surface area contributed by atoms with E-state index in [0.29, 0.717) is 0 Å². The summed E-state index contributed by atoms with van der Waals surface area (Å²) in [6.45, 7) is 0. The number of imidazole rings is 1. The average Bonchev–Trinajstić information content (AvgIpc) is 1.86. The summed E-state index contributed by atoms with van der Waals surface area (Å²) < 4.78 is 11.5. The maximum absolute atomic E-state index is 11.5. The molecule has 1 aromatic heterocycles. The van der Waals surface area contributed by atoms with Gasteiger partial charge in [-0.25, -0.2) is 4.98 Å². The monoisotopic (exact) mass is 85.0 g/mol. The molecule has 0 fully saturated rings. The van der Waals surface area contributed by atoms with Crippen molar-refractivity contribution in [3.63, 3.8) is 0 Å². The van der Waals surface area contributed by atoms with Gasteiger partial charge in [0.15, 0.2) is 0 Å². The van der Waals surface area contributed by atoms with Gasteiger partial charge in [-0.3, -0.25) is 0 Å². The second-order valence-corrected chi connectivity index (χ2v) is 0.828. The third-order valence-corrected chi connectivity index (χ3v) is 0.419. The number of H-pyrrole nitrogens is 1. The summed E-state index contributed by atoms with van der Waals surface area (Å²) in [4.78, 5) is 5.43. The lowest BCUT2D eigenvalue weighted by molar-refractivity contribution is 0.588. The molecular formula is C3H2FN2. The first-order chi connectivity index (χ1) is 2.89.